The Morgan fingerprint density at radius 1 is 0.583 bits per heavy atom. The van der Waals surface area contributed by atoms with Crippen LogP contribution in [0.1, 0.15) is 200 Å². The van der Waals surface area contributed by atoms with Crippen molar-refractivity contribution < 1.29 is 59.0 Å². The Hall–Kier alpha value is -1.22. The molecule has 0 aromatic heterocycles. The molecule has 1 amide bonds. The van der Waals surface area contributed by atoms with Crippen LogP contribution in [0.3, 0.4) is 0 Å². The number of allylic oxidation sites excluding steroid dienone is 3. The van der Waals surface area contributed by atoms with Gasteiger partial charge in [-0.25, -0.2) is 4.57 Å². The Labute approximate surface area is 363 Å². The van der Waals surface area contributed by atoms with Gasteiger partial charge in [0.25, 0.3) is 0 Å². The van der Waals surface area contributed by atoms with Crippen LogP contribution in [0.4, 0.5) is 0 Å². The number of phosphoric ester groups is 1. The number of aliphatic hydroxyl groups is 7. The molecule has 1 fully saturated rings. The van der Waals surface area contributed by atoms with Crippen LogP contribution >= 0.6 is 7.82 Å². The molecule has 0 aromatic carbocycles. The highest BCUT2D eigenvalue weighted by Crippen LogP contribution is 2.47. The lowest BCUT2D eigenvalue weighted by Gasteiger charge is -2.41. The number of rotatable bonds is 39. The number of carbonyl (C=O) groups excluding carboxylic acids is 1. The highest BCUT2D eigenvalue weighted by atomic mass is 31.2. The minimum Gasteiger partial charge on any atom is -0.393 e. The molecule has 1 aliphatic carbocycles. The first-order valence-corrected chi connectivity index (χ1v) is 25.4. The molecular formula is C46H88NO12P. The summed E-state index contributed by atoms with van der Waals surface area (Å²) in [7, 11) is -5.14. The number of carbonyl (C=O) groups is 1. The summed E-state index contributed by atoms with van der Waals surface area (Å²) in [6.07, 6.45) is 25.6. The van der Waals surface area contributed by atoms with E-state index in [1.807, 2.05) is 0 Å². The van der Waals surface area contributed by atoms with Gasteiger partial charge in [0.2, 0.25) is 5.91 Å². The molecule has 0 spiro atoms. The molecule has 0 bridgehead atoms. The third-order valence-corrected chi connectivity index (χ3v) is 12.5. The minimum absolute atomic E-state index is 0.249. The Bertz CT molecular complexity index is 1130. The van der Waals surface area contributed by atoms with Crippen LogP contribution in [0.5, 0.6) is 0 Å². The molecule has 8 unspecified atom stereocenters. The monoisotopic (exact) mass is 878 g/mol. The Kier molecular flexibility index (Phi) is 34.2. The van der Waals surface area contributed by atoms with Crippen molar-refractivity contribution >= 4 is 13.7 Å². The van der Waals surface area contributed by atoms with Crippen molar-refractivity contribution in [2.24, 2.45) is 0 Å². The van der Waals surface area contributed by atoms with Gasteiger partial charge in [0.1, 0.15) is 36.6 Å². The SMILES string of the molecule is CCCCCCCCCCC/C=C/C(O)C(COP(=O)(O)OC1C(O)C(O)C(O)C(O)C1O)NC(=O)CC(O)CCCCCCC/C=C\CCCCCCCCCCCC. The van der Waals surface area contributed by atoms with Gasteiger partial charge in [0.05, 0.1) is 31.3 Å². The van der Waals surface area contributed by atoms with E-state index in [1.165, 1.54) is 109 Å². The van der Waals surface area contributed by atoms with Crippen LogP contribution in [-0.2, 0) is 18.4 Å². The lowest BCUT2D eigenvalue weighted by atomic mass is 9.85. The zero-order valence-electron chi connectivity index (χ0n) is 37.4. The summed E-state index contributed by atoms with van der Waals surface area (Å²) in [5, 5.41) is 74.4. The van der Waals surface area contributed by atoms with Crippen molar-refractivity contribution in [1.82, 2.24) is 5.32 Å². The Morgan fingerprint density at radius 3 is 1.42 bits per heavy atom. The van der Waals surface area contributed by atoms with E-state index >= 15 is 0 Å². The summed E-state index contributed by atoms with van der Waals surface area (Å²) < 4.78 is 22.8. The summed E-state index contributed by atoms with van der Waals surface area (Å²) in [5.74, 6) is -0.598. The van der Waals surface area contributed by atoms with Crippen molar-refractivity contribution in [2.45, 2.75) is 255 Å². The van der Waals surface area contributed by atoms with Crippen LogP contribution < -0.4 is 5.32 Å². The lowest BCUT2D eigenvalue weighted by Crippen LogP contribution is -2.64. The molecule has 14 heteroatoms. The number of unbranched alkanes of at least 4 members (excludes halogenated alkanes) is 24. The fraction of sp³-hybridized carbons (Fsp3) is 0.891. The van der Waals surface area contributed by atoms with Gasteiger partial charge in [-0.3, -0.25) is 13.8 Å². The van der Waals surface area contributed by atoms with Crippen molar-refractivity contribution in [1.29, 1.82) is 0 Å². The van der Waals surface area contributed by atoms with Crippen LogP contribution in [-0.4, -0.2) is 108 Å². The molecule has 0 aromatic rings. The van der Waals surface area contributed by atoms with Gasteiger partial charge in [-0.1, -0.05) is 173 Å². The summed E-state index contributed by atoms with van der Waals surface area (Å²) in [6.45, 7) is 3.72. The molecule has 0 saturated heterocycles. The van der Waals surface area contributed by atoms with E-state index in [1.54, 1.807) is 6.08 Å². The number of hydrogen-bond donors (Lipinski definition) is 9. The zero-order chi connectivity index (χ0) is 44.4. The molecule has 1 rings (SSSR count). The summed E-state index contributed by atoms with van der Waals surface area (Å²) in [6, 6.07) is -1.24. The molecular weight excluding hydrogens is 789 g/mol. The predicted octanol–water partition coefficient (Wildman–Crippen LogP) is 7.98. The standard InChI is InChI=1S/C46H88NO12P/c1-3-5-7-9-11-13-15-16-17-18-19-20-21-22-24-25-27-29-31-33-37(48)35-40(50)47-38(39(49)34-32-30-28-26-23-14-12-10-8-6-4-2)36-58-60(56,57)59-46-44(54)42(52)41(51)43(53)45(46)55/h20-21,32,34,37-39,41-46,48-49,51-55H,3-19,22-31,33,35-36H2,1-2H3,(H,47,50)(H,56,57)/b21-20-,34-32+. The van der Waals surface area contributed by atoms with E-state index < -0.39 is 75.2 Å². The van der Waals surface area contributed by atoms with Gasteiger partial charge in [0.15, 0.2) is 0 Å². The first-order chi connectivity index (χ1) is 28.8. The van der Waals surface area contributed by atoms with Gasteiger partial charge < -0.3 is 46.0 Å². The second kappa shape index (κ2) is 36.2. The maximum atomic E-state index is 13.0. The molecule has 1 aliphatic rings. The zero-order valence-corrected chi connectivity index (χ0v) is 38.3. The van der Waals surface area contributed by atoms with Gasteiger partial charge >= 0.3 is 7.82 Å². The first-order valence-electron chi connectivity index (χ1n) is 23.9. The van der Waals surface area contributed by atoms with Crippen molar-refractivity contribution in [3.8, 4) is 0 Å². The van der Waals surface area contributed by atoms with Crippen LogP contribution in [0.25, 0.3) is 0 Å². The third kappa shape index (κ3) is 27.8. The van der Waals surface area contributed by atoms with Gasteiger partial charge in [-0.2, -0.15) is 0 Å². The maximum Gasteiger partial charge on any atom is 0.472 e. The molecule has 0 heterocycles. The van der Waals surface area contributed by atoms with Gasteiger partial charge in [-0.15, -0.1) is 0 Å². The summed E-state index contributed by atoms with van der Waals surface area (Å²) in [4.78, 5) is 23.4. The summed E-state index contributed by atoms with van der Waals surface area (Å²) >= 11 is 0. The van der Waals surface area contributed by atoms with E-state index in [0.29, 0.717) is 12.8 Å². The molecule has 13 nitrogen and oxygen atoms in total. The number of amides is 1. The highest BCUT2D eigenvalue weighted by Gasteiger charge is 2.51. The second-order valence-electron chi connectivity index (χ2n) is 17.1. The minimum atomic E-state index is -5.14. The highest BCUT2D eigenvalue weighted by molar-refractivity contribution is 7.47. The average Bonchev–Trinajstić information content (AvgIpc) is 3.22. The van der Waals surface area contributed by atoms with Crippen LogP contribution in [0.2, 0.25) is 0 Å². The normalized spacial score (nSPS) is 23.6. The number of hydrogen-bond acceptors (Lipinski definition) is 11. The maximum absolute atomic E-state index is 13.0. The molecule has 9 N–H and O–H groups in total. The molecule has 0 radical (unpaired) electrons. The van der Waals surface area contributed by atoms with E-state index in [2.05, 4.69) is 31.3 Å². The summed E-state index contributed by atoms with van der Waals surface area (Å²) in [5.41, 5.74) is 0. The smallest absolute Gasteiger partial charge is 0.393 e. The Balaban J connectivity index is 2.48. The Morgan fingerprint density at radius 2 is 0.967 bits per heavy atom. The number of nitrogens with one attached hydrogen (secondary N) is 1. The fourth-order valence-electron chi connectivity index (χ4n) is 7.59. The number of aliphatic hydroxyl groups excluding tert-OH is 7. The van der Waals surface area contributed by atoms with Crippen LogP contribution in [0, 0.1) is 0 Å². The van der Waals surface area contributed by atoms with Gasteiger partial charge in [0, 0.05) is 0 Å². The average molecular weight is 878 g/mol. The fourth-order valence-corrected chi connectivity index (χ4v) is 8.55. The first kappa shape index (κ1) is 56.8. The van der Waals surface area contributed by atoms with Crippen molar-refractivity contribution in [3.05, 3.63) is 24.3 Å². The molecule has 354 valence electrons. The van der Waals surface area contributed by atoms with Gasteiger partial charge in [-0.05, 0) is 44.9 Å². The largest absolute Gasteiger partial charge is 0.472 e. The van der Waals surface area contributed by atoms with E-state index in [-0.39, 0.29) is 6.42 Å². The molecule has 8 atom stereocenters. The predicted molar refractivity (Wildman–Crippen MR) is 238 cm³/mol. The van der Waals surface area contributed by atoms with Crippen molar-refractivity contribution in [2.75, 3.05) is 6.61 Å². The molecule has 60 heavy (non-hydrogen) atoms. The van der Waals surface area contributed by atoms with E-state index in [4.69, 9.17) is 9.05 Å². The lowest BCUT2D eigenvalue weighted by molar-refractivity contribution is -0.220. The van der Waals surface area contributed by atoms with Crippen LogP contribution in [0.15, 0.2) is 24.3 Å². The van der Waals surface area contributed by atoms with Crippen molar-refractivity contribution in [3.63, 3.8) is 0 Å². The van der Waals surface area contributed by atoms with E-state index in [9.17, 15) is 50.0 Å². The quantitative estimate of drug-likeness (QED) is 0.0163. The van der Waals surface area contributed by atoms with E-state index in [0.717, 1.165) is 64.2 Å². The molecule has 0 aliphatic heterocycles. The topological polar surface area (TPSA) is 226 Å². The number of phosphoric acid groups is 1. The third-order valence-electron chi connectivity index (χ3n) is 11.5. The molecule has 1 saturated carbocycles. The second-order valence-corrected chi connectivity index (χ2v) is 18.5.